The van der Waals surface area contributed by atoms with Gasteiger partial charge >= 0.3 is 0 Å². The Kier molecular flexibility index (Phi) is 11.2. The van der Waals surface area contributed by atoms with Crippen molar-refractivity contribution in [1.82, 2.24) is 0 Å². The van der Waals surface area contributed by atoms with Gasteiger partial charge in [0.2, 0.25) is 0 Å². The van der Waals surface area contributed by atoms with Crippen molar-refractivity contribution in [3.63, 3.8) is 0 Å². The van der Waals surface area contributed by atoms with E-state index in [0.29, 0.717) is 0 Å². The lowest BCUT2D eigenvalue weighted by Crippen LogP contribution is -1.77. The van der Waals surface area contributed by atoms with E-state index in [1.54, 1.807) is 14.2 Å². The summed E-state index contributed by atoms with van der Waals surface area (Å²) in [6.07, 6.45) is 10.0. The Hall–Kier alpha value is -1.08. The van der Waals surface area contributed by atoms with Gasteiger partial charge in [0.05, 0.1) is 0 Å². The van der Waals surface area contributed by atoms with E-state index in [0.717, 1.165) is 0 Å². The number of methoxy groups -OCH3 is 1. The van der Waals surface area contributed by atoms with E-state index >= 15 is 0 Å². The molecule has 0 heterocycles. The molecule has 0 bridgehead atoms. The van der Waals surface area contributed by atoms with E-state index in [1.807, 2.05) is 18.2 Å². The van der Waals surface area contributed by atoms with Crippen molar-refractivity contribution < 1.29 is 4.74 Å². The molecule has 1 nitrogen and oxygen atoms in total. The summed E-state index contributed by atoms with van der Waals surface area (Å²) in [5.41, 5.74) is 1.32. The highest BCUT2D eigenvalue weighted by Gasteiger charge is 1.87. The number of rotatable bonds is 0. The number of allylic oxidation sites excluding steroid dienone is 2. The maximum atomic E-state index is 4.25. The normalized spacial score (nSPS) is 12.9. The summed E-state index contributed by atoms with van der Waals surface area (Å²) < 4.78 is 4.25. The van der Waals surface area contributed by atoms with Crippen molar-refractivity contribution >= 4 is 0 Å². The predicted octanol–water partition coefficient (Wildman–Crippen LogP) is 4.37. The molecule has 0 unspecified atom stereocenters. The van der Waals surface area contributed by atoms with Crippen molar-refractivity contribution in [3.8, 4) is 0 Å². The van der Waals surface area contributed by atoms with Crippen LogP contribution in [-0.4, -0.2) is 14.2 Å². The van der Waals surface area contributed by atoms with Gasteiger partial charge in [-0.15, -0.1) is 0 Å². The van der Waals surface area contributed by atoms with Crippen LogP contribution in [-0.2, 0) is 4.74 Å². The second-order valence-electron chi connectivity index (χ2n) is 3.82. The van der Waals surface area contributed by atoms with Crippen LogP contribution in [0.3, 0.4) is 0 Å². The molecule has 0 aliphatic heterocycles. The number of hydrogen-bond acceptors (Lipinski definition) is 1. The average molecular weight is 220 g/mol. The van der Waals surface area contributed by atoms with E-state index < -0.39 is 0 Å². The second kappa shape index (κ2) is 12.0. The third-order valence-electron chi connectivity index (χ3n) is 2.10. The molecule has 0 saturated carbocycles. The molecule has 0 N–H and O–H groups in total. The fourth-order valence-electron chi connectivity index (χ4n) is 1.29. The Labute approximate surface area is 100 Å². The van der Waals surface area contributed by atoms with E-state index in [4.69, 9.17) is 0 Å². The molecular formula is C15H24O. The highest BCUT2D eigenvalue weighted by Crippen LogP contribution is 2.07. The van der Waals surface area contributed by atoms with Crippen LogP contribution in [0, 0.1) is 6.92 Å². The van der Waals surface area contributed by atoms with E-state index in [2.05, 4.69) is 35.9 Å². The maximum Gasteiger partial charge on any atom is 0.0351 e. The molecule has 0 atom stereocenters. The summed E-state index contributed by atoms with van der Waals surface area (Å²) in [5.74, 6) is 0. The number of hydrogen-bond donors (Lipinski definition) is 0. The summed E-state index contributed by atoms with van der Waals surface area (Å²) in [6.45, 7) is 2.08. The molecular weight excluding hydrogens is 196 g/mol. The van der Waals surface area contributed by atoms with E-state index in [9.17, 15) is 0 Å². The molecule has 0 radical (unpaired) electrons. The van der Waals surface area contributed by atoms with Crippen molar-refractivity contribution in [3.05, 3.63) is 48.0 Å². The first-order valence-corrected chi connectivity index (χ1v) is 5.88. The fourth-order valence-corrected chi connectivity index (χ4v) is 1.29. The maximum absolute atomic E-state index is 4.25. The SMILES string of the molecule is C1=CCCCC1.COC.Cc1ccccc1. The Bertz CT molecular complexity index is 243. The van der Waals surface area contributed by atoms with Crippen LogP contribution in [0.25, 0.3) is 0 Å². The Balaban J connectivity index is 0.000000230. The summed E-state index contributed by atoms with van der Waals surface area (Å²) in [6, 6.07) is 10.3. The molecule has 0 aromatic heterocycles. The van der Waals surface area contributed by atoms with Gasteiger partial charge in [-0.3, -0.25) is 0 Å². The Morgan fingerprint density at radius 1 is 0.875 bits per heavy atom. The molecule has 0 fully saturated rings. The van der Waals surface area contributed by atoms with Crippen LogP contribution in [0.5, 0.6) is 0 Å². The monoisotopic (exact) mass is 220 g/mol. The summed E-state index contributed by atoms with van der Waals surface area (Å²) in [5, 5.41) is 0. The van der Waals surface area contributed by atoms with E-state index in [1.165, 1.54) is 31.2 Å². The van der Waals surface area contributed by atoms with Gasteiger partial charge in [0, 0.05) is 14.2 Å². The van der Waals surface area contributed by atoms with Crippen LogP contribution in [0.4, 0.5) is 0 Å². The average Bonchev–Trinajstić information content (AvgIpc) is 2.34. The highest BCUT2D eigenvalue weighted by atomic mass is 16.4. The van der Waals surface area contributed by atoms with Crippen LogP contribution >= 0.6 is 0 Å². The van der Waals surface area contributed by atoms with Gasteiger partial charge in [-0.25, -0.2) is 0 Å². The van der Waals surface area contributed by atoms with Crippen LogP contribution in [0.15, 0.2) is 42.5 Å². The van der Waals surface area contributed by atoms with Gasteiger partial charge in [0.25, 0.3) is 0 Å². The van der Waals surface area contributed by atoms with Crippen LogP contribution < -0.4 is 0 Å². The highest BCUT2D eigenvalue weighted by molar-refractivity contribution is 5.11. The summed E-state index contributed by atoms with van der Waals surface area (Å²) in [4.78, 5) is 0. The second-order valence-corrected chi connectivity index (χ2v) is 3.82. The van der Waals surface area contributed by atoms with Gasteiger partial charge in [0.15, 0.2) is 0 Å². The van der Waals surface area contributed by atoms with Crippen molar-refractivity contribution in [2.24, 2.45) is 0 Å². The van der Waals surface area contributed by atoms with E-state index in [-0.39, 0.29) is 0 Å². The fraction of sp³-hybridized carbons (Fsp3) is 0.467. The molecule has 0 spiro atoms. The summed E-state index contributed by atoms with van der Waals surface area (Å²) in [7, 11) is 3.25. The molecule has 16 heavy (non-hydrogen) atoms. The Morgan fingerprint density at radius 2 is 1.31 bits per heavy atom. The van der Waals surface area contributed by atoms with Gasteiger partial charge < -0.3 is 4.74 Å². The number of aryl methyl sites for hydroxylation is 1. The van der Waals surface area contributed by atoms with Gasteiger partial charge in [-0.2, -0.15) is 0 Å². The minimum atomic E-state index is 1.32. The zero-order chi connectivity index (χ0) is 12.1. The first kappa shape index (κ1) is 14.9. The third-order valence-corrected chi connectivity index (χ3v) is 2.10. The number of benzene rings is 1. The zero-order valence-corrected chi connectivity index (χ0v) is 10.8. The minimum absolute atomic E-state index is 1.32. The first-order valence-electron chi connectivity index (χ1n) is 5.88. The number of ether oxygens (including phenoxy) is 1. The van der Waals surface area contributed by atoms with Crippen molar-refractivity contribution in [2.75, 3.05) is 14.2 Å². The van der Waals surface area contributed by atoms with Crippen LogP contribution in [0.1, 0.15) is 31.2 Å². The largest absolute Gasteiger partial charge is 0.388 e. The smallest absolute Gasteiger partial charge is 0.0351 e. The quantitative estimate of drug-likeness (QED) is 0.590. The minimum Gasteiger partial charge on any atom is -0.388 e. The first-order chi connectivity index (χ1) is 7.81. The molecule has 0 amide bonds. The predicted molar refractivity (Wildman–Crippen MR) is 71.7 cm³/mol. The molecule has 1 aliphatic carbocycles. The summed E-state index contributed by atoms with van der Waals surface area (Å²) >= 11 is 0. The van der Waals surface area contributed by atoms with Gasteiger partial charge in [-0.05, 0) is 32.6 Å². The standard InChI is InChI=1S/C7H8.C6H10.C2H6O/c1-7-5-3-2-4-6-7;1-2-4-6-5-3-1;1-3-2/h2-6H,1H3;1-2H,3-6H2;1-2H3. The lowest BCUT2D eigenvalue weighted by atomic mass is 10.1. The molecule has 1 heteroatoms. The van der Waals surface area contributed by atoms with Crippen molar-refractivity contribution in [1.29, 1.82) is 0 Å². The Morgan fingerprint density at radius 3 is 1.50 bits per heavy atom. The molecule has 0 saturated heterocycles. The molecule has 1 aliphatic rings. The molecule has 2 rings (SSSR count). The zero-order valence-electron chi connectivity index (χ0n) is 10.8. The third kappa shape index (κ3) is 11.0. The topological polar surface area (TPSA) is 9.23 Å². The lowest BCUT2D eigenvalue weighted by Gasteiger charge is -1.97. The van der Waals surface area contributed by atoms with Crippen LogP contribution in [0.2, 0.25) is 0 Å². The van der Waals surface area contributed by atoms with Crippen molar-refractivity contribution in [2.45, 2.75) is 32.6 Å². The van der Waals surface area contributed by atoms with Gasteiger partial charge in [-0.1, -0.05) is 48.0 Å². The molecule has 90 valence electrons. The molecule has 1 aromatic carbocycles. The molecule has 1 aromatic rings. The van der Waals surface area contributed by atoms with Gasteiger partial charge in [0.1, 0.15) is 0 Å². The lowest BCUT2D eigenvalue weighted by molar-refractivity contribution is 0.277.